The quantitative estimate of drug-likeness (QED) is 0.349. The van der Waals surface area contributed by atoms with Crippen molar-refractivity contribution in [2.75, 3.05) is 18.0 Å². The average molecular weight is 589 g/mol. The Bertz CT molecular complexity index is 1800. The molecule has 2 aliphatic rings. The molecule has 0 unspecified atom stereocenters. The predicted octanol–water partition coefficient (Wildman–Crippen LogP) is 4.53. The zero-order valence-electron chi connectivity index (χ0n) is 24.4. The molecule has 0 saturated carbocycles. The van der Waals surface area contributed by atoms with Crippen molar-refractivity contribution < 1.29 is 18.3 Å². The standard InChI is InChI=1S/C31H36N6O4S/c1-19-13-28-31(32-16-19)37-11-6-5-7-25(37)18-35(42(28,40)41)17-24-14-23(9-8-20(24)2)27(15-29(38)39)26-10-12-36-22(4)33-34-30(36)21(26)3/h8-10,12-14,16,25,27H,5-7,11,15,17-18H2,1-4H3,(H,38,39)/t25-,27+/m1/s1. The molecule has 1 aromatic carbocycles. The van der Waals surface area contributed by atoms with Gasteiger partial charge in [0.15, 0.2) is 5.65 Å². The molecule has 0 amide bonds. The van der Waals surface area contributed by atoms with Crippen LogP contribution in [0.5, 0.6) is 0 Å². The summed E-state index contributed by atoms with van der Waals surface area (Å²) >= 11 is 0. The van der Waals surface area contributed by atoms with Gasteiger partial charge in [0.1, 0.15) is 16.5 Å². The third kappa shape index (κ3) is 4.94. The Morgan fingerprint density at radius 2 is 1.90 bits per heavy atom. The number of aliphatic carboxylic acids is 1. The molecule has 2 atom stereocenters. The van der Waals surface area contributed by atoms with E-state index in [-0.39, 0.29) is 23.9 Å². The number of aryl methyl sites for hydroxylation is 4. The van der Waals surface area contributed by atoms with Crippen LogP contribution in [0.4, 0.5) is 5.82 Å². The van der Waals surface area contributed by atoms with Crippen molar-refractivity contribution in [2.24, 2.45) is 0 Å². The largest absolute Gasteiger partial charge is 0.481 e. The zero-order chi connectivity index (χ0) is 29.8. The van der Waals surface area contributed by atoms with Crippen molar-refractivity contribution in [1.82, 2.24) is 23.9 Å². The van der Waals surface area contributed by atoms with Gasteiger partial charge in [0.25, 0.3) is 0 Å². The van der Waals surface area contributed by atoms with E-state index in [4.69, 9.17) is 0 Å². The van der Waals surface area contributed by atoms with Crippen molar-refractivity contribution in [2.45, 2.75) is 76.8 Å². The van der Waals surface area contributed by atoms with Crippen LogP contribution in [0.25, 0.3) is 5.65 Å². The van der Waals surface area contributed by atoms with Gasteiger partial charge in [-0.2, -0.15) is 4.31 Å². The van der Waals surface area contributed by atoms with Crippen molar-refractivity contribution in [3.63, 3.8) is 0 Å². The molecule has 2 aliphatic heterocycles. The van der Waals surface area contributed by atoms with Crippen LogP contribution in [-0.2, 0) is 21.4 Å². The van der Waals surface area contributed by atoms with Gasteiger partial charge in [-0.3, -0.25) is 9.20 Å². The SMILES string of the molecule is Cc1cnc2c(c1)S(=O)(=O)N(Cc1cc([C@H](CC(=O)O)c3ccn4c(C)nnc4c3C)ccc1C)C[C@H]1CCCCN21. The fraction of sp³-hybridized carbons (Fsp3) is 0.419. The van der Waals surface area contributed by atoms with E-state index in [1.165, 1.54) is 0 Å². The normalized spacial score (nSPS) is 19.2. The molecule has 0 spiro atoms. The number of nitrogens with zero attached hydrogens (tertiary/aromatic N) is 6. The highest BCUT2D eigenvalue weighted by Gasteiger charge is 2.39. The highest BCUT2D eigenvalue weighted by Crippen LogP contribution is 2.37. The summed E-state index contributed by atoms with van der Waals surface area (Å²) in [5, 5.41) is 18.4. The number of aromatic nitrogens is 4. The van der Waals surface area contributed by atoms with Gasteiger partial charge in [-0.1, -0.05) is 18.2 Å². The molecule has 6 rings (SSSR count). The summed E-state index contributed by atoms with van der Waals surface area (Å²) in [4.78, 5) is 19.1. The molecule has 1 N–H and O–H groups in total. The van der Waals surface area contributed by atoms with Gasteiger partial charge in [0.2, 0.25) is 10.0 Å². The van der Waals surface area contributed by atoms with Crippen LogP contribution < -0.4 is 4.90 Å². The number of carboxylic acids is 1. The second-order valence-corrected chi connectivity index (χ2v) is 13.6. The molecule has 0 bridgehead atoms. The van der Waals surface area contributed by atoms with Gasteiger partial charge in [-0.15, -0.1) is 10.2 Å². The maximum Gasteiger partial charge on any atom is 0.304 e. The summed E-state index contributed by atoms with van der Waals surface area (Å²) in [6, 6.07) is 9.62. The number of carbonyl (C=O) groups is 1. The number of pyridine rings is 2. The number of carboxylic acid groups (broad SMARTS) is 1. The van der Waals surface area contributed by atoms with E-state index in [0.717, 1.165) is 65.0 Å². The Hall–Kier alpha value is -3.83. The predicted molar refractivity (Wildman–Crippen MR) is 159 cm³/mol. The zero-order valence-corrected chi connectivity index (χ0v) is 25.2. The third-order valence-electron chi connectivity index (χ3n) is 8.82. The van der Waals surface area contributed by atoms with E-state index in [9.17, 15) is 18.3 Å². The summed E-state index contributed by atoms with van der Waals surface area (Å²) in [5.74, 6) is -0.0411. The fourth-order valence-corrected chi connectivity index (χ4v) is 8.16. The lowest BCUT2D eigenvalue weighted by atomic mass is 9.85. The van der Waals surface area contributed by atoms with E-state index in [1.54, 1.807) is 16.6 Å². The smallest absolute Gasteiger partial charge is 0.304 e. The number of rotatable bonds is 6. The molecule has 0 radical (unpaired) electrons. The van der Waals surface area contributed by atoms with Crippen LogP contribution in [-0.4, -0.2) is 62.5 Å². The highest BCUT2D eigenvalue weighted by atomic mass is 32.2. The molecular formula is C31H36N6O4S. The first-order valence-corrected chi connectivity index (χ1v) is 15.8. The van der Waals surface area contributed by atoms with Crippen LogP contribution in [0, 0.1) is 27.7 Å². The van der Waals surface area contributed by atoms with Crippen LogP contribution in [0.2, 0.25) is 0 Å². The molecule has 42 heavy (non-hydrogen) atoms. The molecule has 220 valence electrons. The Morgan fingerprint density at radius 1 is 1.10 bits per heavy atom. The van der Waals surface area contributed by atoms with Gasteiger partial charge in [0.05, 0.1) is 6.42 Å². The summed E-state index contributed by atoms with van der Waals surface area (Å²) in [6.45, 7) is 9.01. The Kier molecular flexibility index (Phi) is 7.26. The minimum atomic E-state index is -3.83. The molecule has 11 heteroatoms. The third-order valence-corrected chi connectivity index (χ3v) is 10.6. The fourth-order valence-electron chi connectivity index (χ4n) is 6.47. The number of hydrogen-bond donors (Lipinski definition) is 1. The van der Waals surface area contributed by atoms with E-state index >= 15 is 0 Å². The van der Waals surface area contributed by atoms with Crippen LogP contribution in [0.15, 0.2) is 47.6 Å². The van der Waals surface area contributed by atoms with Crippen molar-refractivity contribution in [3.8, 4) is 0 Å². The van der Waals surface area contributed by atoms with Crippen molar-refractivity contribution in [3.05, 3.63) is 81.9 Å². The lowest BCUT2D eigenvalue weighted by Gasteiger charge is -2.36. The summed E-state index contributed by atoms with van der Waals surface area (Å²) < 4.78 is 31.8. The molecule has 1 saturated heterocycles. The summed E-state index contributed by atoms with van der Waals surface area (Å²) in [5.41, 5.74) is 5.87. The second kappa shape index (κ2) is 10.8. The van der Waals surface area contributed by atoms with E-state index < -0.39 is 21.9 Å². The first-order valence-electron chi connectivity index (χ1n) is 14.4. The Labute approximate surface area is 246 Å². The molecule has 10 nitrogen and oxygen atoms in total. The van der Waals surface area contributed by atoms with Crippen LogP contribution in [0.1, 0.15) is 70.8 Å². The maximum atomic E-state index is 14.2. The van der Waals surface area contributed by atoms with Gasteiger partial charge in [-0.25, -0.2) is 13.4 Å². The average Bonchev–Trinajstić information content (AvgIpc) is 3.30. The molecule has 4 aromatic rings. The molecule has 3 aromatic heterocycles. The Morgan fingerprint density at radius 3 is 2.69 bits per heavy atom. The first kappa shape index (κ1) is 28.3. The number of hydrogen-bond acceptors (Lipinski definition) is 7. The first-order chi connectivity index (χ1) is 20.0. The Balaban J connectivity index is 1.41. The molecule has 0 aliphatic carbocycles. The molecular weight excluding hydrogens is 552 g/mol. The summed E-state index contributed by atoms with van der Waals surface area (Å²) in [7, 11) is -3.83. The van der Waals surface area contributed by atoms with Gasteiger partial charge in [-0.05, 0) is 92.5 Å². The van der Waals surface area contributed by atoms with Crippen LogP contribution >= 0.6 is 0 Å². The van der Waals surface area contributed by atoms with Crippen molar-refractivity contribution >= 4 is 27.5 Å². The topological polar surface area (TPSA) is 121 Å². The summed E-state index contributed by atoms with van der Waals surface area (Å²) in [6.07, 6.45) is 6.49. The number of benzene rings is 1. The minimum Gasteiger partial charge on any atom is -0.481 e. The number of fused-ring (bicyclic) bond motifs is 4. The highest BCUT2D eigenvalue weighted by molar-refractivity contribution is 7.89. The minimum absolute atomic E-state index is 0.0502. The van der Waals surface area contributed by atoms with Gasteiger partial charge >= 0.3 is 5.97 Å². The lowest BCUT2D eigenvalue weighted by molar-refractivity contribution is -0.137. The van der Waals surface area contributed by atoms with E-state index in [2.05, 4.69) is 20.1 Å². The van der Waals surface area contributed by atoms with E-state index in [0.29, 0.717) is 18.0 Å². The van der Waals surface area contributed by atoms with Gasteiger partial charge in [0, 0.05) is 44.0 Å². The molecule has 5 heterocycles. The van der Waals surface area contributed by atoms with E-state index in [1.807, 2.05) is 62.6 Å². The number of anilines is 1. The lowest BCUT2D eigenvalue weighted by Crippen LogP contribution is -2.45. The number of sulfonamides is 1. The second-order valence-electron chi connectivity index (χ2n) is 11.6. The van der Waals surface area contributed by atoms with Crippen LogP contribution in [0.3, 0.4) is 0 Å². The maximum absolute atomic E-state index is 14.2. The number of piperidine rings is 1. The molecule has 1 fully saturated rings. The van der Waals surface area contributed by atoms with Crippen molar-refractivity contribution in [1.29, 1.82) is 0 Å². The van der Waals surface area contributed by atoms with Gasteiger partial charge < -0.3 is 10.0 Å². The monoisotopic (exact) mass is 588 g/mol.